The number of rotatable bonds is 4. The first-order valence-electron chi connectivity index (χ1n) is 7.15. The Morgan fingerprint density at radius 2 is 2.00 bits per heavy atom. The minimum atomic E-state index is -0.194. The van der Waals surface area contributed by atoms with Gasteiger partial charge in [0.1, 0.15) is 0 Å². The van der Waals surface area contributed by atoms with Crippen LogP contribution in [0.15, 0.2) is 55.0 Å². The zero-order valence-electron chi connectivity index (χ0n) is 12.5. The normalized spacial score (nSPS) is 11.9. The molecule has 23 heavy (non-hydrogen) atoms. The summed E-state index contributed by atoms with van der Waals surface area (Å²) in [4.78, 5) is 16.6. The predicted molar refractivity (Wildman–Crippen MR) is 89.2 cm³/mol. The van der Waals surface area contributed by atoms with E-state index in [1.165, 1.54) is 6.20 Å². The zero-order valence-corrected chi connectivity index (χ0v) is 13.2. The van der Waals surface area contributed by atoms with Crippen LogP contribution in [-0.2, 0) is 0 Å². The van der Waals surface area contributed by atoms with Gasteiger partial charge in [-0.15, -0.1) is 0 Å². The maximum absolute atomic E-state index is 12.5. The number of H-pyrrole nitrogens is 1. The fourth-order valence-corrected chi connectivity index (χ4v) is 2.42. The summed E-state index contributed by atoms with van der Waals surface area (Å²) in [6, 6.07) is 10.9. The van der Waals surface area contributed by atoms with Gasteiger partial charge in [0.2, 0.25) is 0 Å². The monoisotopic (exact) mass is 326 g/mol. The van der Waals surface area contributed by atoms with Crippen LogP contribution in [0.1, 0.15) is 28.9 Å². The molecule has 0 aliphatic rings. The van der Waals surface area contributed by atoms with Crippen molar-refractivity contribution in [2.24, 2.45) is 0 Å². The Bertz CT molecular complexity index is 799. The number of halogens is 1. The third-order valence-corrected chi connectivity index (χ3v) is 3.80. The standard InChI is InChI=1S/C17H15ClN4O/c1-11(12-4-6-14(18)7-5-12)21-17(23)15-10-20-22-16(15)13-3-2-8-19-9-13/h2-11H,1H3,(H,20,22)(H,21,23)/t11-/m0/s1. The third-order valence-electron chi connectivity index (χ3n) is 3.55. The summed E-state index contributed by atoms with van der Waals surface area (Å²) >= 11 is 5.89. The summed E-state index contributed by atoms with van der Waals surface area (Å²) in [5.41, 5.74) is 2.93. The lowest BCUT2D eigenvalue weighted by molar-refractivity contribution is 0.0940. The van der Waals surface area contributed by atoms with Gasteiger partial charge in [0.15, 0.2) is 0 Å². The van der Waals surface area contributed by atoms with Crippen LogP contribution in [0.25, 0.3) is 11.3 Å². The highest BCUT2D eigenvalue weighted by Crippen LogP contribution is 2.21. The molecule has 2 heterocycles. The van der Waals surface area contributed by atoms with Gasteiger partial charge in [-0.25, -0.2) is 0 Å². The maximum Gasteiger partial charge on any atom is 0.255 e. The second-order valence-electron chi connectivity index (χ2n) is 5.15. The summed E-state index contributed by atoms with van der Waals surface area (Å²) in [6.45, 7) is 1.92. The minimum Gasteiger partial charge on any atom is -0.345 e. The van der Waals surface area contributed by atoms with Crippen LogP contribution in [0, 0.1) is 0 Å². The van der Waals surface area contributed by atoms with Crippen LogP contribution in [0.5, 0.6) is 0 Å². The molecule has 0 spiro atoms. The molecule has 0 aliphatic heterocycles. The van der Waals surface area contributed by atoms with Gasteiger partial charge < -0.3 is 5.32 Å². The highest BCUT2D eigenvalue weighted by atomic mass is 35.5. The Hall–Kier alpha value is -2.66. The fourth-order valence-electron chi connectivity index (χ4n) is 2.30. The molecule has 0 saturated carbocycles. The van der Waals surface area contributed by atoms with E-state index in [4.69, 9.17) is 11.6 Å². The van der Waals surface area contributed by atoms with Crippen molar-refractivity contribution in [1.29, 1.82) is 0 Å². The molecular weight excluding hydrogens is 312 g/mol. The molecule has 0 unspecified atom stereocenters. The van der Waals surface area contributed by atoms with Crippen molar-refractivity contribution in [1.82, 2.24) is 20.5 Å². The number of hydrogen-bond acceptors (Lipinski definition) is 3. The molecule has 0 fully saturated rings. The van der Waals surface area contributed by atoms with Crippen LogP contribution in [0.2, 0.25) is 5.02 Å². The smallest absolute Gasteiger partial charge is 0.255 e. The average molecular weight is 327 g/mol. The van der Waals surface area contributed by atoms with Gasteiger partial charge >= 0.3 is 0 Å². The summed E-state index contributed by atoms with van der Waals surface area (Å²) in [5.74, 6) is -0.194. The van der Waals surface area contributed by atoms with Gasteiger partial charge in [0.25, 0.3) is 5.91 Å². The third kappa shape index (κ3) is 3.40. The maximum atomic E-state index is 12.5. The Labute approximate surface area is 138 Å². The SMILES string of the molecule is C[C@H](NC(=O)c1cn[nH]c1-c1cccnc1)c1ccc(Cl)cc1. The van der Waals surface area contributed by atoms with E-state index in [0.717, 1.165) is 11.1 Å². The molecule has 1 amide bonds. The van der Waals surface area contributed by atoms with Crippen LogP contribution < -0.4 is 5.32 Å². The van der Waals surface area contributed by atoms with Crippen molar-refractivity contribution in [3.05, 3.63) is 71.1 Å². The number of nitrogens with one attached hydrogen (secondary N) is 2. The number of amides is 1. The second-order valence-corrected chi connectivity index (χ2v) is 5.58. The summed E-state index contributed by atoms with van der Waals surface area (Å²) in [5, 5.41) is 10.5. The molecule has 0 aliphatic carbocycles. The topological polar surface area (TPSA) is 70.7 Å². The average Bonchev–Trinajstić information content (AvgIpc) is 3.06. The van der Waals surface area contributed by atoms with Crippen LogP contribution in [-0.4, -0.2) is 21.1 Å². The number of hydrogen-bond donors (Lipinski definition) is 2. The molecule has 2 aromatic heterocycles. The first-order chi connectivity index (χ1) is 11.1. The number of aromatic amines is 1. The molecule has 3 aromatic rings. The quantitative estimate of drug-likeness (QED) is 0.769. The molecule has 5 nitrogen and oxygen atoms in total. The lowest BCUT2D eigenvalue weighted by Gasteiger charge is -2.14. The molecular formula is C17H15ClN4O. The second kappa shape index (κ2) is 6.62. The van der Waals surface area contributed by atoms with Gasteiger partial charge in [-0.1, -0.05) is 23.7 Å². The summed E-state index contributed by atoms with van der Waals surface area (Å²) < 4.78 is 0. The number of carbonyl (C=O) groups is 1. The van der Waals surface area contributed by atoms with Crippen molar-refractivity contribution in [2.75, 3.05) is 0 Å². The Morgan fingerprint density at radius 3 is 2.70 bits per heavy atom. The van der Waals surface area contributed by atoms with Gasteiger partial charge in [-0.2, -0.15) is 5.10 Å². The molecule has 1 aromatic carbocycles. The van der Waals surface area contributed by atoms with Crippen molar-refractivity contribution < 1.29 is 4.79 Å². The van der Waals surface area contributed by atoms with Gasteiger partial charge in [0, 0.05) is 23.0 Å². The molecule has 3 rings (SSSR count). The number of aromatic nitrogens is 3. The first-order valence-corrected chi connectivity index (χ1v) is 7.53. The molecule has 0 radical (unpaired) electrons. The molecule has 0 bridgehead atoms. The Balaban J connectivity index is 1.79. The first kappa shape index (κ1) is 15.2. The van der Waals surface area contributed by atoms with E-state index in [-0.39, 0.29) is 11.9 Å². The largest absolute Gasteiger partial charge is 0.345 e. The van der Waals surface area contributed by atoms with E-state index in [0.29, 0.717) is 16.3 Å². The van der Waals surface area contributed by atoms with Crippen LogP contribution >= 0.6 is 11.6 Å². The van der Waals surface area contributed by atoms with Gasteiger partial charge in [-0.3, -0.25) is 14.9 Å². The van der Waals surface area contributed by atoms with Crippen molar-refractivity contribution in [3.8, 4) is 11.3 Å². The predicted octanol–water partition coefficient (Wildman–Crippen LogP) is 3.62. The van der Waals surface area contributed by atoms with Gasteiger partial charge in [0.05, 0.1) is 23.5 Å². The lowest BCUT2D eigenvalue weighted by atomic mass is 10.1. The number of benzene rings is 1. The highest BCUT2D eigenvalue weighted by molar-refractivity contribution is 6.30. The van der Waals surface area contributed by atoms with E-state index in [1.807, 2.05) is 31.2 Å². The molecule has 116 valence electrons. The summed E-state index contributed by atoms with van der Waals surface area (Å²) in [7, 11) is 0. The highest BCUT2D eigenvalue weighted by Gasteiger charge is 2.17. The van der Waals surface area contributed by atoms with Crippen LogP contribution in [0.4, 0.5) is 0 Å². The van der Waals surface area contributed by atoms with Crippen molar-refractivity contribution in [2.45, 2.75) is 13.0 Å². The number of carbonyl (C=O) groups excluding carboxylic acids is 1. The minimum absolute atomic E-state index is 0.142. The molecule has 6 heteroatoms. The van der Waals surface area contributed by atoms with E-state index < -0.39 is 0 Å². The Morgan fingerprint density at radius 1 is 1.22 bits per heavy atom. The van der Waals surface area contributed by atoms with E-state index >= 15 is 0 Å². The zero-order chi connectivity index (χ0) is 16.2. The Kier molecular flexibility index (Phi) is 4.39. The summed E-state index contributed by atoms with van der Waals surface area (Å²) in [6.07, 6.45) is 4.89. The molecule has 0 saturated heterocycles. The number of pyridine rings is 1. The molecule has 1 atom stereocenters. The number of nitrogens with zero attached hydrogens (tertiary/aromatic N) is 2. The lowest BCUT2D eigenvalue weighted by Crippen LogP contribution is -2.26. The van der Waals surface area contributed by atoms with Crippen molar-refractivity contribution >= 4 is 17.5 Å². The van der Waals surface area contributed by atoms with Gasteiger partial charge in [-0.05, 0) is 36.8 Å². The van der Waals surface area contributed by atoms with Crippen LogP contribution in [0.3, 0.4) is 0 Å². The van der Waals surface area contributed by atoms with E-state index in [9.17, 15) is 4.79 Å². The molecule has 2 N–H and O–H groups in total. The van der Waals surface area contributed by atoms with E-state index in [1.54, 1.807) is 24.5 Å². The fraction of sp³-hybridized carbons (Fsp3) is 0.118. The van der Waals surface area contributed by atoms with Crippen molar-refractivity contribution in [3.63, 3.8) is 0 Å². The van der Waals surface area contributed by atoms with E-state index in [2.05, 4.69) is 20.5 Å².